The maximum absolute atomic E-state index is 11.5. The predicted molar refractivity (Wildman–Crippen MR) is 65.1 cm³/mol. The minimum atomic E-state index is -1.17. The second kappa shape index (κ2) is 8.68. The van der Waals surface area contributed by atoms with Gasteiger partial charge in [0.1, 0.15) is 0 Å². The molecule has 0 aliphatic rings. The van der Waals surface area contributed by atoms with Crippen molar-refractivity contribution in [2.24, 2.45) is 11.8 Å². The van der Waals surface area contributed by atoms with E-state index in [4.69, 9.17) is 4.74 Å². The van der Waals surface area contributed by atoms with Crippen molar-refractivity contribution in [1.29, 1.82) is 0 Å². The fraction of sp³-hybridized carbons (Fsp3) is 0.909. The van der Waals surface area contributed by atoms with Gasteiger partial charge in [0, 0.05) is 6.42 Å². The normalized spacial score (nSPS) is 14.1. The molecule has 0 rings (SSSR count). The second-order valence-corrected chi connectivity index (χ2v) is 4.64. The number of nitrogens with zero attached hydrogens (tertiary/aromatic N) is 1. The molecule has 0 saturated carbocycles. The molecular weight excluding hydrogens is 240 g/mol. The summed E-state index contributed by atoms with van der Waals surface area (Å²) in [5, 5.41) is 12.1. The van der Waals surface area contributed by atoms with Crippen molar-refractivity contribution in [2.75, 3.05) is 13.6 Å². The van der Waals surface area contributed by atoms with Gasteiger partial charge in [-0.1, -0.05) is 13.8 Å². The van der Waals surface area contributed by atoms with Crippen LogP contribution in [0.1, 0.15) is 33.6 Å². The Labute approximate surface area is 107 Å². The molecular formula is C11H22N2O5. The monoisotopic (exact) mass is 262 g/mol. The summed E-state index contributed by atoms with van der Waals surface area (Å²) >= 11 is 0. The number of hydrogen-bond acceptors (Lipinski definition) is 6. The van der Waals surface area contributed by atoms with Gasteiger partial charge in [0.05, 0.1) is 0 Å². The molecule has 7 nitrogen and oxygen atoms in total. The molecule has 0 spiro atoms. The van der Waals surface area contributed by atoms with Crippen LogP contribution in [0.4, 0.5) is 0 Å². The third-order valence-electron chi connectivity index (χ3n) is 2.28. The highest BCUT2D eigenvalue weighted by Gasteiger charge is 2.18. The third-order valence-corrected chi connectivity index (χ3v) is 2.28. The zero-order valence-corrected chi connectivity index (χ0v) is 11.3. The first-order valence-electron chi connectivity index (χ1n) is 6.00. The van der Waals surface area contributed by atoms with E-state index in [2.05, 4.69) is 24.0 Å². The van der Waals surface area contributed by atoms with E-state index in [1.807, 2.05) is 7.05 Å². The van der Waals surface area contributed by atoms with Crippen LogP contribution in [0, 0.1) is 22.0 Å². The largest absolute Gasteiger partial charge is 0.435 e. The van der Waals surface area contributed by atoms with E-state index in [1.54, 1.807) is 0 Å². The van der Waals surface area contributed by atoms with Gasteiger partial charge in [-0.3, -0.25) is 9.63 Å². The fourth-order valence-electron chi connectivity index (χ4n) is 1.81. The number of ether oxygens (including phenoxy) is 1. The van der Waals surface area contributed by atoms with Crippen LogP contribution in [0.25, 0.3) is 0 Å². The highest BCUT2D eigenvalue weighted by Crippen LogP contribution is 2.16. The zero-order valence-electron chi connectivity index (χ0n) is 11.3. The van der Waals surface area contributed by atoms with Crippen LogP contribution in [0.5, 0.6) is 0 Å². The van der Waals surface area contributed by atoms with Crippen LogP contribution < -0.4 is 5.32 Å². The van der Waals surface area contributed by atoms with E-state index >= 15 is 0 Å². The SMILES string of the molecule is CNC[C@H](CC(=O)OC(C)O[N+](=O)[O-])CC(C)C. The van der Waals surface area contributed by atoms with Gasteiger partial charge in [0.25, 0.3) is 5.09 Å². The van der Waals surface area contributed by atoms with E-state index in [1.165, 1.54) is 6.92 Å². The molecule has 1 N–H and O–H groups in total. The van der Waals surface area contributed by atoms with Gasteiger partial charge in [-0.2, -0.15) is 0 Å². The summed E-state index contributed by atoms with van der Waals surface area (Å²) in [6.07, 6.45) is -0.0491. The van der Waals surface area contributed by atoms with Gasteiger partial charge in [0.15, 0.2) is 0 Å². The van der Waals surface area contributed by atoms with Crippen LogP contribution in [0.2, 0.25) is 0 Å². The quantitative estimate of drug-likeness (QED) is 0.292. The van der Waals surface area contributed by atoms with Crippen molar-refractivity contribution < 1.29 is 19.5 Å². The molecule has 0 aliphatic heterocycles. The average molecular weight is 262 g/mol. The number of hydrogen-bond donors (Lipinski definition) is 1. The Morgan fingerprint density at radius 2 is 2.00 bits per heavy atom. The maximum atomic E-state index is 11.5. The number of carbonyl (C=O) groups excluding carboxylic acids is 1. The van der Waals surface area contributed by atoms with E-state index < -0.39 is 17.3 Å². The summed E-state index contributed by atoms with van der Waals surface area (Å²) in [4.78, 5) is 25.7. The number of rotatable bonds is 9. The Balaban J connectivity index is 4.11. The lowest BCUT2D eigenvalue weighted by Gasteiger charge is -2.18. The number of carbonyl (C=O) groups is 1. The molecule has 0 saturated heterocycles. The highest BCUT2D eigenvalue weighted by molar-refractivity contribution is 5.69. The fourth-order valence-corrected chi connectivity index (χ4v) is 1.81. The Bertz CT molecular complexity index is 270. The van der Waals surface area contributed by atoms with Gasteiger partial charge in [-0.05, 0) is 38.8 Å². The molecule has 0 aromatic rings. The standard InChI is InChI=1S/C11H22N2O5/c1-8(2)5-10(7-12-4)6-11(14)17-9(3)18-13(15)16/h8-10,12H,5-7H2,1-4H3/t9?,10-/m0/s1. The Hall–Kier alpha value is -1.37. The van der Waals surface area contributed by atoms with Gasteiger partial charge in [0.2, 0.25) is 6.29 Å². The van der Waals surface area contributed by atoms with Crippen molar-refractivity contribution >= 4 is 5.97 Å². The summed E-state index contributed by atoms with van der Waals surface area (Å²) in [7, 11) is 1.82. The summed E-state index contributed by atoms with van der Waals surface area (Å²) in [5.74, 6) is 0.152. The van der Waals surface area contributed by atoms with Crippen LogP contribution in [-0.4, -0.2) is 30.9 Å². The molecule has 0 aromatic carbocycles. The molecule has 2 atom stereocenters. The molecule has 106 valence electrons. The number of nitrogens with one attached hydrogen (secondary N) is 1. The van der Waals surface area contributed by atoms with E-state index in [9.17, 15) is 14.9 Å². The lowest BCUT2D eigenvalue weighted by Crippen LogP contribution is -2.26. The third kappa shape index (κ3) is 8.74. The molecule has 0 bridgehead atoms. The molecule has 0 heterocycles. The Morgan fingerprint density at radius 3 is 2.44 bits per heavy atom. The second-order valence-electron chi connectivity index (χ2n) is 4.64. The van der Waals surface area contributed by atoms with Crippen molar-refractivity contribution in [3.63, 3.8) is 0 Å². The molecule has 7 heteroatoms. The molecule has 18 heavy (non-hydrogen) atoms. The summed E-state index contributed by atoms with van der Waals surface area (Å²) in [5.41, 5.74) is 0. The summed E-state index contributed by atoms with van der Waals surface area (Å²) in [6, 6.07) is 0. The molecule has 0 aromatic heterocycles. The van der Waals surface area contributed by atoms with Crippen LogP contribution in [0.15, 0.2) is 0 Å². The Morgan fingerprint density at radius 1 is 1.39 bits per heavy atom. The smallest absolute Gasteiger partial charge is 0.308 e. The molecule has 0 aliphatic carbocycles. The van der Waals surface area contributed by atoms with Gasteiger partial charge < -0.3 is 10.1 Å². The summed E-state index contributed by atoms with van der Waals surface area (Å²) in [6.45, 7) is 6.17. The van der Waals surface area contributed by atoms with Gasteiger partial charge in [-0.25, -0.2) is 0 Å². The van der Waals surface area contributed by atoms with Crippen LogP contribution >= 0.6 is 0 Å². The average Bonchev–Trinajstić information content (AvgIpc) is 2.14. The first-order chi connectivity index (χ1) is 8.35. The Kier molecular flexibility index (Phi) is 8.02. The van der Waals surface area contributed by atoms with E-state index in [0.29, 0.717) is 12.5 Å². The molecule has 0 fully saturated rings. The van der Waals surface area contributed by atoms with Crippen molar-refractivity contribution in [2.45, 2.75) is 39.9 Å². The van der Waals surface area contributed by atoms with Crippen LogP contribution in [-0.2, 0) is 14.4 Å². The lowest BCUT2D eigenvalue weighted by molar-refractivity contribution is -0.777. The van der Waals surface area contributed by atoms with Gasteiger partial charge >= 0.3 is 5.97 Å². The topological polar surface area (TPSA) is 90.7 Å². The first kappa shape index (κ1) is 16.6. The maximum Gasteiger partial charge on any atom is 0.308 e. The number of esters is 1. The van der Waals surface area contributed by atoms with Gasteiger partial charge in [-0.15, -0.1) is 10.1 Å². The molecule has 0 radical (unpaired) electrons. The highest BCUT2D eigenvalue weighted by atomic mass is 17.0. The van der Waals surface area contributed by atoms with Crippen molar-refractivity contribution in [3.05, 3.63) is 10.1 Å². The predicted octanol–water partition coefficient (Wildman–Crippen LogP) is 1.36. The van der Waals surface area contributed by atoms with E-state index in [-0.39, 0.29) is 12.3 Å². The minimum Gasteiger partial charge on any atom is -0.435 e. The van der Waals surface area contributed by atoms with Crippen molar-refractivity contribution in [1.82, 2.24) is 5.32 Å². The first-order valence-corrected chi connectivity index (χ1v) is 6.00. The minimum absolute atomic E-state index is 0.158. The van der Waals surface area contributed by atoms with Crippen molar-refractivity contribution in [3.8, 4) is 0 Å². The molecule has 1 unspecified atom stereocenters. The van der Waals surface area contributed by atoms with Crippen LogP contribution in [0.3, 0.4) is 0 Å². The molecule has 0 amide bonds. The lowest BCUT2D eigenvalue weighted by atomic mass is 9.94. The summed E-state index contributed by atoms with van der Waals surface area (Å²) < 4.78 is 4.79. The van der Waals surface area contributed by atoms with E-state index in [0.717, 1.165) is 6.42 Å². The zero-order chi connectivity index (χ0) is 14.1.